The summed E-state index contributed by atoms with van der Waals surface area (Å²) in [7, 11) is 0. The van der Waals surface area contributed by atoms with Gasteiger partial charge in [-0.05, 0) is 31.2 Å². The Morgan fingerprint density at radius 1 is 1.27 bits per heavy atom. The molecule has 1 amide bonds. The molecule has 1 heterocycles. The predicted octanol–water partition coefficient (Wildman–Crippen LogP) is 3.56. The number of nitrogens with two attached hydrogens (primary N) is 1. The maximum absolute atomic E-state index is 13.6. The van der Waals surface area contributed by atoms with E-state index in [1.807, 2.05) is 0 Å². The Morgan fingerprint density at radius 3 is 2.77 bits per heavy atom. The van der Waals surface area contributed by atoms with Gasteiger partial charge in [0.25, 0.3) is 5.91 Å². The van der Waals surface area contributed by atoms with E-state index in [1.54, 1.807) is 43.3 Å². The highest BCUT2D eigenvalue weighted by Crippen LogP contribution is 2.29. The van der Waals surface area contributed by atoms with Crippen molar-refractivity contribution in [1.29, 1.82) is 0 Å². The van der Waals surface area contributed by atoms with Gasteiger partial charge in [0.2, 0.25) is 0 Å². The fourth-order valence-corrected chi connectivity index (χ4v) is 2.37. The van der Waals surface area contributed by atoms with Gasteiger partial charge < -0.3 is 14.9 Å². The summed E-state index contributed by atoms with van der Waals surface area (Å²) in [6.45, 7) is 1.78. The van der Waals surface area contributed by atoms with Crippen LogP contribution >= 0.6 is 0 Å². The maximum Gasteiger partial charge on any atom is 0.252 e. The van der Waals surface area contributed by atoms with Gasteiger partial charge in [0.15, 0.2) is 0 Å². The van der Waals surface area contributed by atoms with Crippen molar-refractivity contribution in [3.63, 3.8) is 0 Å². The molecule has 0 radical (unpaired) electrons. The predicted molar refractivity (Wildman–Crippen MR) is 80.2 cm³/mol. The van der Waals surface area contributed by atoms with Gasteiger partial charge in [-0.3, -0.25) is 4.79 Å². The summed E-state index contributed by atoms with van der Waals surface area (Å²) in [4.78, 5) is 11.5. The molecule has 5 heteroatoms. The van der Waals surface area contributed by atoms with Crippen LogP contribution in [-0.2, 0) is 6.61 Å². The number of rotatable bonds is 4. The first-order valence-electron chi connectivity index (χ1n) is 6.75. The third kappa shape index (κ3) is 2.53. The standard InChI is InChI=1S/C17H14FNO3/c1-10-16(17(19)20)13-8-12(6-7-15(13)22-10)21-9-11-4-2-3-5-14(11)18/h2-8H,9H2,1H3,(H2,19,20). The van der Waals surface area contributed by atoms with Crippen LogP contribution in [0.4, 0.5) is 4.39 Å². The largest absolute Gasteiger partial charge is 0.489 e. The molecule has 2 N–H and O–H groups in total. The van der Waals surface area contributed by atoms with Crippen molar-refractivity contribution in [1.82, 2.24) is 0 Å². The molecular weight excluding hydrogens is 285 g/mol. The highest BCUT2D eigenvalue weighted by atomic mass is 19.1. The summed E-state index contributed by atoms with van der Waals surface area (Å²) < 4.78 is 24.6. The van der Waals surface area contributed by atoms with Crippen LogP contribution in [0, 0.1) is 12.7 Å². The number of hydrogen-bond donors (Lipinski definition) is 1. The smallest absolute Gasteiger partial charge is 0.252 e. The number of fused-ring (bicyclic) bond motifs is 1. The monoisotopic (exact) mass is 299 g/mol. The van der Waals surface area contributed by atoms with Crippen LogP contribution in [0.2, 0.25) is 0 Å². The second-order valence-electron chi connectivity index (χ2n) is 4.94. The number of primary amides is 1. The first-order valence-corrected chi connectivity index (χ1v) is 6.75. The summed E-state index contributed by atoms with van der Waals surface area (Å²) in [6.07, 6.45) is 0. The van der Waals surface area contributed by atoms with Crippen molar-refractivity contribution in [3.8, 4) is 5.75 Å². The van der Waals surface area contributed by atoms with Gasteiger partial charge in [-0.1, -0.05) is 18.2 Å². The average Bonchev–Trinajstić information content (AvgIpc) is 2.81. The molecule has 3 aromatic rings. The second-order valence-corrected chi connectivity index (χ2v) is 4.94. The van der Waals surface area contributed by atoms with Crippen LogP contribution in [0.3, 0.4) is 0 Å². The number of ether oxygens (including phenoxy) is 1. The number of carbonyl (C=O) groups excluding carboxylic acids is 1. The quantitative estimate of drug-likeness (QED) is 0.801. The van der Waals surface area contributed by atoms with Crippen molar-refractivity contribution in [2.24, 2.45) is 5.73 Å². The lowest BCUT2D eigenvalue weighted by Gasteiger charge is -2.07. The number of amides is 1. The summed E-state index contributed by atoms with van der Waals surface area (Å²) in [5.74, 6) is 0.107. The number of furan rings is 1. The van der Waals surface area contributed by atoms with Crippen molar-refractivity contribution >= 4 is 16.9 Å². The fraction of sp³-hybridized carbons (Fsp3) is 0.118. The van der Waals surface area contributed by atoms with E-state index in [2.05, 4.69) is 0 Å². The number of halogens is 1. The Hall–Kier alpha value is -2.82. The lowest BCUT2D eigenvalue weighted by molar-refractivity contribution is 0.1000. The van der Waals surface area contributed by atoms with E-state index in [1.165, 1.54) is 6.07 Å². The van der Waals surface area contributed by atoms with Gasteiger partial charge in [0.05, 0.1) is 5.56 Å². The lowest BCUT2D eigenvalue weighted by atomic mass is 10.1. The molecule has 0 spiro atoms. The van der Waals surface area contributed by atoms with Gasteiger partial charge >= 0.3 is 0 Å². The molecule has 0 bridgehead atoms. The third-order valence-electron chi connectivity index (χ3n) is 3.43. The highest BCUT2D eigenvalue weighted by molar-refractivity contribution is 6.06. The van der Waals surface area contributed by atoms with Crippen LogP contribution in [0.15, 0.2) is 46.9 Å². The zero-order valence-corrected chi connectivity index (χ0v) is 11.9. The molecule has 2 aromatic carbocycles. The lowest BCUT2D eigenvalue weighted by Crippen LogP contribution is -2.11. The third-order valence-corrected chi connectivity index (χ3v) is 3.43. The molecule has 22 heavy (non-hydrogen) atoms. The molecule has 0 atom stereocenters. The minimum Gasteiger partial charge on any atom is -0.489 e. The molecule has 0 aliphatic carbocycles. The average molecular weight is 299 g/mol. The number of carbonyl (C=O) groups is 1. The van der Waals surface area contributed by atoms with Gasteiger partial charge in [-0.2, -0.15) is 0 Å². The van der Waals surface area contributed by atoms with E-state index in [0.717, 1.165) is 0 Å². The Morgan fingerprint density at radius 2 is 2.05 bits per heavy atom. The van der Waals surface area contributed by atoms with Gasteiger partial charge in [-0.25, -0.2) is 4.39 Å². The van der Waals surface area contributed by atoms with E-state index in [9.17, 15) is 9.18 Å². The first kappa shape index (κ1) is 14.1. The molecule has 112 valence electrons. The van der Waals surface area contributed by atoms with Crippen molar-refractivity contribution in [2.45, 2.75) is 13.5 Å². The molecule has 0 saturated heterocycles. The SMILES string of the molecule is Cc1oc2ccc(OCc3ccccc3F)cc2c1C(N)=O. The van der Waals surface area contributed by atoms with Crippen LogP contribution in [0.25, 0.3) is 11.0 Å². The summed E-state index contributed by atoms with van der Waals surface area (Å²) in [5.41, 5.74) is 6.73. The van der Waals surface area contributed by atoms with Gasteiger partial charge in [0.1, 0.15) is 29.5 Å². The zero-order valence-electron chi connectivity index (χ0n) is 11.9. The van der Waals surface area contributed by atoms with Crippen molar-refractivity contribution in [2.75, 3.05) is 0 Å². The van der Waals surface area contributed by atoms with Crippen LogP contribution in [0.1, 0.15) is 21.7 Å². The maximum atomic E-state index is 13.6. The molecule has 0 unspecified atom stereocenters. The molecule has 1 aromatic heterocycles. The number of benzene rings is 2. The highest BCUT2D eigenvalue weighted by Gasteiger charge is 2.16. The molecule has 3 rings (SSSR count). The fourth-order valence-electron chi connectivity index (χ4n) is 2.37. The Bertz CT molecular complexity index is 854. The normalized spacial score (nSPS) is 10.8. The molecule has 4 nitrogen and oxygen atoms in total. The Balaban J connectivity index is 1.90. The molecule has 0 aliphatic heterocycles. The Kier molecular flexibility index (Phi) is 3.55. The molecular formula is C17H14FNO3. The molecule has 0 saturated carbocycles. The minimum absolute atomic E-state index is 0.0981. The summed E-state index contributed by atoms with van der Waals surface area (Å²) in [5, 5.41) is 0.594. The summed E-state index contributed by atoms with van der Waals surface area (Å²) in [6, 6.07) is 11.5. The second kappa shape index (κ2) is 5.52. The van der Waals surface area contributed by atoms with E-state index in [0.29, 0.717) is 33.6 Å². The summed E-state index contributed by atoms with van der Waals surface area (Å²) >= 11 is 0. The van der Waals surface area contributed by atoms with E-state index in [-0.39, 0.29) is 12.4 Å². The molecule has 0 fully saturated rings. The van der Waals surface area contributed by atoms with E-state index in [4.69, 9.17) is 14.9 Å². The Labute approximate surface area is 126 Å². The molecule has 0 aliphatic rings. The minimum atomic E-state index is -0.553. The van der Waals surface area contributed by atoms with Gasteiger partial charge in [0, 0.05) is 10.9 Å². The zero-order chi connectivity index (χ0) is 15.7. The van der Waals surface area contributed by atoms with Gasteiger partial charge in [-0.15, -0.1) is 0 Å². The van der Waals surface area contributed by atoms with Crippen molar-refractivity contribution in [3.05, 3.63) is 65.2 Å². The van der Waals surface area contributed by atoms with Crippen LogP contribution < -0.4 is 10.5 Å². The van der Waals surface area contributed by atoms with Crippen LogP contribution in [-0.4, -0.2) is 5.91 Å². The van der Waals surface area contributed by atoms with E-state index < -0.39 is 5.91 Å². The van der Waals surface area contributed by atoms with Crippen molar-refractivity contribution < 1.29 is 18.3 Å². The topological polar surface area (TPSA) is 65.5 Å². The van der Waals surface area contributed by atoms with E-state index >= 15 is 0 Å². The number of aryl methyl sites for hydroxylation is 1. The number of hydrogen-bond acceptors (Lipinski definition) is 3. The van der Waals surface area contributed by atoms with Crippen LogP contribution in [0.5, 0.6) is 5.75 Å². The first-order chi connectivity index (χ1) is 10.6.